The Morgan fingerprint density at radius 2 is 1.85 bits per heavy atom. The van der Waals surface area contributed by atoms with Crippen molar-refractivity contribution in [2.45, 2.75) is 26.4 Å². The van der Waals surface area contributed by atoms with Crippen molar-refractivity contribution in [3.05, 3.63) is 58.3 Å². The van der Waals surface area contributed by atoms with Gasteiger partial charge in [0.1, 0.15) is 0 Å². The SMILES string of the molecule is CCn1ccn(Cc2ccc(C#CCCO)cc2)c1=O. The number of hydrogen-bond donors (Lipinski definition) is 1. The smallest absolute Gasteiger partial charge is 0.328 e. The Hall–Kier alpha value is -2.25. The van der Waals surface area contributed by atoms with E-state index in [1.807, 2.05) is 31.2 Å². The Labute approximate surface area is 118 Å². The summed E-state index contributed by atoms with van der Waals surface area (Å²) in [7, 11) is 0. The molecule has 0 saturated heterocycles. The van der Waals surface area contributed by atoms with Gasteiger partial charge in [-0.1, -0.05) is 24.0 Å². The first kappa shape index (κ1) is 14.2. The van der Waals surface area contributed by atoms with Crippen LogP contribution in [0.15, 0.2) is 41.5 Å². The molecule has 0 aliphatic rings. The normalized spacial score (nSPS) is 10.1. The van der Waals surface area contributed by atoms with Crippen molar-refractivity contribution < 1.29 is 5.11 Å². The maximum atomic E-state index is 11.9. The van der Waals surface area contributed by atoms with Gasteiger partial charge < -0.3 is 5.11 Å². The van der Waals surface area contributed by atoms with Gasteiger partial charge in [-0.15, -0.1) is 0 Å². The third kappa shape index (κ3) is 3.40. The van der Waals surface area contributed by atoms with Crippen molar-refractivity contribution in [3.8, 4) is 11.8 Å². The standard InChI is InChI=1S/C16H18N2O2/c1-2-17-10-11-18(16(17)20)13-15-8-6-14(7-9-15)5-3-4-12-19/h6-11,19H,2,4,12-13H2,1H3. The van der Waals surface area contributed by atoms with Gasteiger partial charge in [0, 0.05) is 30.9 Å². The van der Waals surface area contributed by atoms with Crippen molar-refractivity contribution in [1.29, 1.82) is 0 Å². The average Bonchev–Trinajstić information content (AvgIpc) is 2.82. The summed E-state index contributed by atoms with van der Waals surface area (Å²) in [4.78, 5) is 11.9. The van der Waals surface area contributed by atoms with E-state index in [4.69, 9.17) is 5.11 Å². The predicted octanol–water partition coefficient (Wildman–Crippen LogP) is 1.45. The molecule has 1 aromatic heterocycles. The molecule has 0 aliphatic carbocycles. The molecule has 0 unspecified atom stereocenters. The van der Waals surface area contributed by atoms with Gasteiger partial charge in [0.15, 0.2) is 0 Å². The summed E-state index contributed by atoms with van der Waals surface area (Å²) in [5.74, 6) is 5.86. The highest BCUT2D eigenvalue weighted by Crippen LogP contribution is 2.05. The van der Waals surface area contributed by atoms with Gasteiger partial charge in [0.2, 0.25) is 0 Å². The van der Waals surface area contributed by atoms with E-state index in [0.29, 0.717) is 19.5 Å². The first-order valence-electron chi connectivity index (χ1n) is 6.69. The number of hydrogen-bond acceptors (Lipinski definition) is 2. The van der Waals surface area contributed by atoms with Crippen LogP contribution in [-0.4, -0.2) is 20.8 Å². The topological polar surface area (TPSA) is 47.2 Å². The van der Waals surface area contributed by atoms with E-state index in [9.17, 15) is 4.79 Å². The molecule has 1 aromatic carbocycles. The first-order chi connectivity index (χ1) is 9.74. The Kier molecular flexibility index (Phi) is 4.80. The van der Waals surface area contributed by atoms with Gasteiger partial charge in [0.25, 0.3) is 0 Å². The summed E-state index contributed by atoms with van der Waals surface area (Å²) in [6.07, 6.45) is 4.10. The minimum Gasteiger partial charge on any atom is -0.395 e. The maximum absolute atomic E-state index is 11.9. The lowest BCUT2D eigenvalue weighted by Gasteiger charge is -2.02. The van der Waals surface area contributed by atoms with Crippen molar-refractivity contribution in [1.82, 2.24) is 9.13 Å². The number of aliphatic hydroxyl groups excluding tert-OH is 1. The lowest BCUT2D eigenvalue weighted by atomic mass is 10.1. The fraction of sp³-hybridized carbons (Fsp3) is 0.312. The molecule has 0 spiro atoms. The Balaban J connectivity index is 2.09. The van der Waals surface area contributed by atoms with Crippen molar-refractivity contribution in [2.24, 2.45) is 0 Å². The fourth-order valence-electron chi connectivity index (χ4n) is 1.93. The summed E-state index contributed by atoms with van der Waals surface area (Å²) in [6, 6.07) is 7.81. The molecule has 4 heteroatoms. The lowest BCUT2D eigenvalue weighted by Crippen LogP contribution is -2.23. The number of aliphatic hydroxyl groups is 1. The zero-order valence-electron chi connectivity index (χ0n) is 11.5. The van der Waals surface area contributed by atoms with Crippen LogP contribution in [0.1, 0.15) is 24.5 Å². The highest BCUT2D eigenvalue weighted by Gasteiger charge is 2.02. The molecule has 20 heavy (non-hydrogen) atoms. The summed E-state index contributed by atoms with van der Waals surface area (Å²) in [5, 5.41) is 8.66. The van der Waals surface area contributed by atoms with Crippen LogP contribution < -0.4 is 5.69 Å². The number of aryl methyl sites for hydroxylation is 1. The molecule has 1 N–H and O–H groups in total. The molecule has 0 aliphatic heterocycles. The molecular formula is C16H18N2O2. The molecule has 0 bridgehead atoms. The van der Waals surface area contributed by atoms with Crippen LogP contribution in [0, 0.1) is 11.8 Å². The van der Waals surface area contributed by atoms with E-state index in [2.05, 4.69) is 11.8 Å². The van der Waals surface area contributed by atoms with Crippen LogP contribution >= 0.6 is 0 Å². The number of rotatable bonds is 4. The second kappa shape index (κ2) is 6.78. The quantitative estimate of drug-likeness (QED) is 0.855. The van der Waals surface area contributed by atoms with Gasteiger partial charge in [-0.2, -0.15) is 0 Å². The third-order valence-electron chi connectivity index (χ3n) is 3.04. The summed E-state index contributed by atoms with van der Waals surface area (Å²) in [5.41, 5.74) is 1.99. The van der Waals surface area contributed by atoms with Gasteiger partial charge in [0.05, 0.1) is 13.2 Å². The van der Waals surface area contributed by atoms with E-state index in [-0.39, 0.29) is 12.3 Å². The van der Waals surface area contributed by atoms with Crippen molar-refractivity contribution in [3.63, 3.8) is 0 Å². The van der Waals surface area contributed by atoms with Crippen LogP contribution in [0.2, 0.25) is 0 Å². The molecule has 0 saturated carbocycles. The fourth-order valence-corrected chi connectivity index (χ4v) is 1.93. The number of benzene rings is 1. The van der Waals surface area contributed by atoms with E-state index in [0.717, 1.165) is 11.1 Å². The highest BCUT2D eigenvalue weighted by atomic mass is 16.2. The van der Waals surface area contributed by atoms with Crippen LogP contribution in [0.4, 0.5) is 0 Å². The molecule has 0 amide bonds. The molecule has 2 rings (SSSR count). The molecule has 0 radical (unpaired) electrons. The summed E-state index contributed by atoms with van der Waals surface area (Å²) in [6.45, 7) is 3.29. The molecular weight excluding hydrogens is 252 g/mol. The maximum Gasteiger partial charge on any atom is 0.328 e. The summed E-state index contributed by atoms with van der Waals surface area (Å²) < 4.78 is 3.37. The van der Waals surface area contributed by atoms with Gasteiger partial charge >= 0.3 is 5.69 Å². The highest BCUT2D eigenvalue weighted by molar-refractivity contribution is 5.36. The van der Waals surface area contributed by atoms with Crippen molar-refractivity contribution >= 4 is 0 Å². The molecule has 1 heterocycles. The number of aromatic nitrogens is 2. The number of imidazole rings is 1. The van der Waals surface area contributed by atoms with Crippen LogP contribution in [0.5, 0.6) is 0 Å². The first-order valence-corrected chi connectivity index (χ1v) is 6.69. The van der Waals surface area contributed by atoms with Gasteiger partial charge in [-0.25, -0.2) is 4.79 Å². The van der Waals surface area contributed by atoms with Gasteiger partial charge in [-0.3, -0.25) is 9.13 Å². The second-order valence-corrected chi connectivity index (χ2v) is 4.47. The van der Waals surface area contributed by atoms with Crippen LogP contribution in [-0.2, 0) is 13.1 Å². The van der Waals surface area contributed by atoms with Crippen molar-refractivity contribution in [2.75, 3.05) is 6.61 Å². The zero-order chi connectivity index (χ0) is 14.4. The minimum atomic E-state index is 0.0133. The number of nitrogens with zero attached hydrogens (tertiary/aromatic N) is 2. The Bertz CT molecular complexity index is 669. The average molecular weight is 270 g/mol. The van der Waals surface area contributed by atoms with Gasteiger partial charge in [-0.05, 0) is 24.6 Å². The van der Waals surface area contributed by atoms with Crippen LogP contribution in [0.25, 0.3) is 0 Å². The largest absolute Gasteiger partial charge is 0.395 e. The Morgan fingerprint density at radius 1 is 1.15 bits per heavy atom. The predicted molar refractivity (Wildman–Crippen MR) is 78.5 cm³/mol. The zero-order valence-corrected chi connectivity index (χ0v) is 11.5. The molecule has 104 valence electrons. The Morgan fingerprint density at radius 3 is 2.45 bits per heavy atom. The molecule has 0 fully saturated rings. The third-order valence-corrected chi connectivity index (χ3v) is 3.04. The van der Waals surface area contributed by atoms with E-state index in [1.165, 1.54) is 0 Å². The minimum absolute atomic E-state index is 0.0133. The monoisotopic (exact) mass is 270 g/mol. The van der Waals surface area contributed by atoms with Crippen LogP contribution in [0.3, 0.4) is 0 Å². The van der Waals surface area contributed by atoms with E-state index < -0.39 is 0 Å². The van der Waals surface area contributed by atoms with E-state index in [1.54, 1.807) is 21.5 Å². The molecule has 2 aromatic rings. The lowest BCUT2D eigenvalue weighted by molar-refractivity contribution is 0.305. The second-order valence-electron chi connectivity index (χ2n) is 4.47. The molecule has 4 nitrogen and oxygen atoms in total. The van der Waals surface area contributed by atoms with E-state index >= 15 is 0 Å². The molecule has 0 atom stereocenters. The summed E-state index contributed by atoms with van der Waals surface area (Å²) >= 11 is 0.